The van der Waals surface area contributed by atoms with Crippen molar-refractivity contribution in [3.63, 3.8) is 0 Å². The molecule has 0 bridgehead atoms. The number of aryl methyl sites for hydroxylation is 1. The number of esters is 1. The van der Waals surface area contributed by atoms with E-state index in [2.05, 4.69) is 5.32 Å². The highest BCUT2D eigenvalue weighted by molar-refractivity contribution is 6.30. The van der Waals surface area contributed by atoms with Crippen molar-refractivity contribution < 1.29 is 18.7 Å². The van der Waals surface area contributed by atoms with Crippen LogP contribution in [0.1, 0.15) is 22.8 Å². The highest BCUT2D eigenvalue weighted by atomic mass is 35.5. The molecule has 7 nitrogen and oxygen atoms in total. The summed E-state index contributed by atoms with van der Waals surface area (Å²) in [6, 6.07) is 25.1. The van der Waals surface area contributed by atoms with Gasteiger partial charge in [0.15, 0.2) is 5.76 Å². The molecule has 0 aliphatic rings. The highest BCUT2D eigenvalue weighted by Crippen LogP contribution is 2.41. The van der Waals surface area contributed by atoms with Gasteiger partial charge in [0.1, 0.15) is 5.69 Å². The first kappa shape index (κ1) is 24.1. The van der Waals surface area contributed by atoms with Crippen molar-refractivity contribution in [2.24, 2.45) is 0 Å². The topological polar surface area (TPSA) is 86.4 Å². The minimum absolute atomic E-state index is 0.256. The molecular formula is C29H22ClN3O4. The molecule has 37 heavy (non-hydrogen) atoms. The summed E-state index contributed by atoms with van der Waals surface area (Å²) in [5.74, 6) is 0.0545. The van der Waals surface area contributed by atoms with E-state index in [-0.39, 0.29) is 11.8 Å². The molecule has 1 amide bonds. The highest BCUT2D eigenvalue weighted by Gasteiger charge is 2.26. The van der Waals surface area contributed by atoms with Crippen molar-refractivity contribution in [3.8, 4) is 34.1 Å². The Bertz CT molecular complexity index is 1570. The number of hydrogen-bond donors (Lipinski definition) is 1. The maximum absolute atomic E-state index is 12.6. The van der Waals surface area contributed by atoms with Crippen LogP contribution >= 0.6 is 11.6 Å². The smallest absolute Gasteiger partial charge is 0.309 e. The molecule has 0 aliphatic carbocycles. The predicted molar refractivity (Wildman–Crippen MR) is 142 cm³/mol. The Morgan fingerprint density at radius 3 is 2.38 bits per heavy atom. The van der Waals surface area contributed by atoms with Crippen molar-refractivity contribution in [2.45, 2.75) is 13.8 Å². The Morgan fingerprint density at radius 1 is 0.973 bits per heavy atom. The van der Waals surface area contributed by atoms with Gasteiger partial charge in [0, 0.05) is 23.2 Å². The molecule has 2 heterocycles. The normalized spacial score (nSPS) is 10.8. The molecule has 0 unspecified atom stereocenters. The van der Waals surface area contributed by atoms with Crippen LogP contribution in [-0.4, -0.2) is 21.7 Å². The van der Waals surface area contributed by atoms with Crippen LogP contribution in [-0.2, 0) is 4.79 Å². The monoisotopic (exact) mass is 511 g/mol. The number of anilines is 1. The maximum atomic E-state index is 12.6. The largest absolute Gasteiger partial charge is 0.463 e. The van der Waals surface area contributed by atoms with E-state index in [1.54, 1.807) is 59.5 Å². The second kappa shape index (κ2) is 10.2. The fraction of sp³-hybridized carbons (Fsp3) is 0.0690. The van der Waals surface area contributed by atoms with E-state index in [1.165, 1.54) is 6.92 Å². The zero-order valence-corrected chi connectivity index (χ0v) is 20.8. The number of nitrogens with one attached hydrogen (secondary N) is 1. The number of aromatic nitrogens is 2. The first-order valence-corrected chi connectivity index (χ1v) is 11.9. The Balaban J connectivity index is 1.57. The van der Waals surface area contributed by atoms with E-state index in [0.29, 0.717) is 33.3 Å². The number of amides is 1. The van der Waals surface area contributed by atoms with Gasteiger partial charge < -0.3 is 14.5 Å². The summed E-state index contributed by atoms with van der Waals surface area (Å²) in [5, 5.41) is 8.21. The van der Waals surface area contributed by atoms with E-state index >= 15 is 0 Å². The van der Waals surface area contributed by atoms with Crippen molar-refractivity contribution in [1.29, 1.82) is 0 Å². The zero-order chi connectivity index (χ0) is 25.9. The van der Waals surface area contributed by atoms with Crippen molar-refractivity contribution in [3.05, 3.63) is 107 Å². The van der Waals surface area contributed by atoms with Crippen LogP contribution in [0.3, 0.4) is 0 Å². The number of halogens is 1. The maximum Gasteiger partial charge on any atom is 0.309 e. The van der Waals surface area contributed by atoms with Crippen LogP contribution in [0.2, 0.25) is 5.02 Å². The molecule has 0 radical (unpaired) electrons. The van der Waals surface area contributed by atoms with E-state index in [9.17, 15) is 9.59 Å². The second-order valence-electron chi connectivity index (χ2n) is 8.39. The van der Waals surface area contributed by atoms with E-state index in [4.69, 9.17) is 25.9 Å². The lowest BCUT2D eigenvalue weighted by molar-refractivity contribution is -0.132. The van der Waals surface area contributed by atoms with Gasteiger partial charge >= 0.3 is 5.97 Å². The molecular weight excluding hydrogens is 490 g/mol. The molecule has 1 N–H and O–H groups in total. The fourth-order valence-corrected chi connectivity index (χ4v) is 4.06. The standard InChI is InChI=1S/C29H22ClN3O4/c1-18-5-3-6-24(17-18)33-29(37-19(2)34)26(27(32-33)25-7-4-16-36-25)20-10-14-23(15-11-20)31-28(35)21-8-12-22(30)13-9-21/h3-17H,1-2H3,(H,31,35). The summed E-state index contributed by atoms with van der Waals surface area (Å²) in [6.45, 7) is 3.32. The van der Waals surface area contributed by atoms with Gasteiger partial charge in [0.25, 0.3) is 5.91 Å². The van der Waals surface area contributed by atoms with Crippen LogP contribution in [0, 0.1) is 6.92 Å². The summed E-state index contributed by atoms with van der Waals surface area (Å²) < 4.78 is 13.0. The summed E-state index contributed by atoms with van der Waals surface area (Å²) >= 11 is 5.92. The first-order chi connectivity index (χ1) is 17.9. The summed E-state index contributed by atoms with van der Waals surface area (Å²) in [5.41, 5.74) is 4.69. The average Bonchev–Trinajstić information content (AvgIpc) is 3.53. The molecule has 0 spiro atoms. The average molecular weight is 512 g/mol. The van der Waals surface area contributed by atoms with E-state index in [0.717, 1.165) is 16.8 Å². The summed E-state index contributed by atoms with van der Waals surface area (Å²) in [7, 11) is 0. The SMILES string of the molecule is CC(=O)Oc1c(-c2ccc(NC(=O)c3ccc(Cl)cc3)cc2)c(-c2ccco2)nn1-c1cccc(C)c1. The summed E-state index contributed by atoms with van der Waals surface area (Å²) in [4.78, 5) is 24.7. The van der Waals surface area contributed by atoms with Gasteiger partial charge in [0.2, 0.25) is 5.88 Å². The van der Waals surface area contributed by atoms with Gasteiger partial charge in [-0.3, -0.25) is 9.59 Å². The van der Waals surface area contributed by atoms with E-state index in [1.807, 2.05) is 43.3 Å². The van der Waals surface area contributed by atoms with Crippen molar-refractivity contribution >= 4 is 29.2 Å². The van der Waals surface area contributed by atoms with Gasteiger partial charge in [-0.05, 0) is 78.7 Å². The molecule has 3 aromatic carbocycles. The van der Waals surface area contributed by atoms with Gasteiger partial charge in [-0.2, -0.15) is 9.78 Å². The zero-order valence-electron chi connectivity index (χ0n) is 20.1. The van der Waals surface area contributed by atoms with Crippen LogP contribution in [0.15, 0.2) is 95.6 Å². The van der Waals surface area contributed by atoms with Crippen LogP contribution < -0.4 is 10.1 Å². The van der Waals surface area contributed by atoms with Gasteiger partial charge in [0.05, 0.1) is 17.5 Å². The van der Waals surface area contributed by atoms with Crippen LogP contribution in [0.5, 0.6) is 5.88 Å². The van der Waals surface area contributed by atoms with Crippen LogP contribution in [0.25, 0.3) is 28.3 Å². The predicted octanol–water partition coefficient (Wildman–Crippen LogP) is 6.94. The Kier molecular flexibility index (Phi) is 6.62. The molecule has 5 rings (SSSR count). The minimum Gasteiger partial charge on any atom is -0.463 e. The number of ether oxygens (including phenoxy) is 1. The minimum atomic E-state index is -0.479. The lowest BCUT2D eigenvalue weighted by Gasteiger charge is -2.10. The third kappa shape index (κ3) is 5.17. The third-order valence-electron chi connectivity index (χ3n) is 5.62. The Labute approximate surface area is 218 Å². The quantitative estimate of drug-likeness (QED) is 0.249. The number of hydrogen-bond acceptors (Lipinski definition) is 5. The van der Waals surface area contributed by atoms with Crippen molar-refractivity contribution in [1.82, 2.24) is 9.78 Å². The fourth-order valence-electron chi connectivity index (χ4n) is 3.94. The number of carbonyl (C=O) groups is 2. The van der Waals surface area contributed by atoms with Gasteiger partial charge in [-0.1, -0.05) is 35.9 Å². The molecule has 2 aromatic heterocycles. The Morgan fingerprint density at radius 2 is 1.73 bits per heavy atom. The summed E-state index contributed by atoms with van der Waals surface area (Å²) in [6.07, 6.45) is 1.56. The molecule has 8 heteroatoms. The number of nitrogens with zero attached hydrogens (tertiary/aromatic N) is 2. The lowest BCUT2D eigenvalue weighted by Crippen LogP contribution is -2.11. The van der Waals surface area contributed by atoms with E-state index < -0.39 is 5.97 Å². The lowest BCUT2D eigenvalue weighted by atomic mass is 10.0. The molecule has 0 saturated carbocycles. The molecule has 0 atom stereocenters. The number of benzene rings is 3. The van der Waals surface area contributed by atoms with Crippen molar-refractivity contribution in [2.75, 3.05) is 5.32 Å². The molecule has 184 valence electrons. The first-order valence-electron chi connectivity index (χ1n) is 11.5. The Hall–Kier alpha value is -4.62. The third-order valence-corrected chi connectivity index (χ3v) is 5.87. The number of carbonyl (C=O) groups excluding carboxylic acids is 2. The molecule has 0 saturated heterocycles. The number of furan rings is 1. The van der Waals surface area contributed by atoms with Gasteiger partial charge in [-0.25, -0.2) is 0 Å². The second-order valence-corrected chi connectivity index (χ2v) is 8.83. The molecule has 5 aromatic rings. The molecule has 0 aliphatic heterocycles. The van der Waals surface area contributed by atoms with Crippen LogP contribution in [0.4, 0.5) is 5.69 Å². The molecule has 0 fully saturated rings. The number of rotatable bonds is 6. The van der Waals surface area contributed by atoms with Gasteiger partial charge in [-0.15, -0.1) is 0 Å².